The number of hydrogen-bond donors (Lipinski definition) is 0. The van der Waals surface area contributed by atoms with E-state index in [1.54, 1.807) is 18.5 Å². The van der Waals surface area contributed by atoms with Crippen LogP contribution >= 0.6 is 0 Å². The summed E-state index contributed by atoms with van der Waals surface area (Å²) in [5.74, 6) is 1.59. The van der Waals surface area contributed by atoms with Crippen molar-refractivity contribution >= 4 is 5.78 Å². The SMILES string of the molecule is CCCC1(CCC)CC(=O)c2cc(-c3nc(-c4cccnc4)no3)ccc2O1. The van der Waals surface area contributed by atoms with Gasteiger partial charge in [-0.3, -0.25) is 9.78 Å². The minimum absolute atomic E-state index is 0.108. The first kappa shape index (κ1) is 18.3. The zero-order valence-corrected chi connectivity index (χ0v) is 16.1. The summed E-state index contributed by atoms with van der Waals surface area (Å²) in [5.41, 5.74) is 1.68. The van der Waals surface area contributed by atoms with Crippen molar-refractivity contribution < 1.29 is 14.1 Å². The Morgan fingerprint density at radius 1 is 1.11 bits per heavy atom. The number of pyridine rings is 1. The van der Waals surface area contributed by atoms with Gasteiger partial charge in [0, 0.05) is 23.5 Å². The number of benzene rings is 1. The Bertz CT molecular complexity index is 976. The molecule has 3 aromatic rings. The number of carbonyl (C=O) groups is 1. The molecule has 144 valence electrons. The Morgan fingerprint density at radius 3 is 2.64 bits per heavy atom. The highest BCUT2D eigenvalue weighted by Crippen LogP contribution is 2.40. The van der Waals surface area contributed by atoms with Gasteiger partial charge in [0.15, 0.2) is 5.78 Å². The van der Waals surface area contributed by atoms with Crippen LogP contribution < -0.4 is 4.74 Å². The predicted octanol–water partition coefficient (Wildman–Crippen LogP) is 5.10. The second kappa shape index (κ2) is 7.54. The van der Waals surface area contributed by atoms with Crippen LogP contribution in [0.25, 0.3) is 22.8 Å². The lowest BCUT2D eigenvalue weighted by atomic mass is 9.83. The van der Waals surface area contributed by atoms with E-state index in [9.17, 15) is 4.79 Å². The molecule has 4 rings (SSSR count). The maximum absolute atomic E-state index is 12.9. The quantitative estimate of drug-likeness (QED) is 0.594. The van der Waals surface area contributed by atoms with Crippen LogP contribution in [0.5, 0.6) is 5.75 Å². The topological polar surface area (TPSA) is 78.1 Å². The molecule has 0 fully saturated rings. The van der Waals surface area contributed by atoms with E-state index in [0.717, 1.165) is 31.2 Å². The summed E-state index contributed by atoms with van der Waals surface area (Å²) in [6, 6.07) is 9.18. The number of fused-ring (bicyclic) bond motifs is 1. The number of Topliss-reactive ketones (excluding diaryl/α,β-unsaturated/α-hetero) is 1. The highest BCUT2D eigenvalue weighted by atomic mass is 16.5. The van der Waals surface area contributed by atoms with Gasteiger partial charge in [0.1, 0.15) is 11.4 Å². The van der Waals surface area contributed by atoms with Crippen LogP contribution in [0.2, 0.25) is 0 Å². The molecule has 6 nitrogen and oxygen atoms in total. The lowest BCUT2D eigenvalue weighted by Gasteiger charge is -2.38. The molecule has 1 aliphatic rings. The molecule has 1 aromatic carbocycles. The minimum atomic E-state index is -0.382. The van der Waals surface area contributed by atoms with E-state index < -0.39 is 0 Å². The van der Waals surface area contributed by atoms with E-state index in [-0.39, 0.29) is 11.4 Å². The third kappa shape index (κ3) is 3.42. The van der Waals surface area contributed by atoms with Gasteiger partial charge in [0.2, 0.25) is 5.82 Å². The number of rotatable bonds is 6. The number of carbonyl (C=O) groups excluding carboxylic acids is 1. The van der Waals surface area contributed by atoms with Gasteiger partial charge in [-0.1, -0.05) is 31.8 Å². The van der Waals surface area contributed by atoms with E-state index in [1.165, 1.54) is 0 Å². The lowest BCUT2D eigenvalue weighted by Crippen LogP contribution is -2.41. The maximum Gasteiger partial charge on any atom is 0.258 e. The number of aromatic nitrogens is 3. The lowest BCUT2D eigenvalue weighted by molar-refractivity contribution is 0.0271. The molecule has 0 bridgehead atoms. The second-order valence-corrected chi connectivity index (χ2v) is 7.26. The predicted molar refractivity (Wildman–Crippen MR) is 105 cm³/mol. The molecule has 3 heterocycles. The first-order valence-electron chi connectivity index (χ1n) is 9.75. The first-order valence-corrected chi connectivity index (χ1v) is 9.75. The third-order valence-corrected chi connectivity index (χ3v) is 5.09. The van der Waals surface area contributed by atoms with Crippen molar-refractivity contribution in [2.45, 2.75) is 51.6 Å². The fourth-order valence-electron chi connectivity index (χ4n) is 3.90. The monoisotopic (exact) mass is 377 g/mol. The molecule has 0 N–H and O–H groups in total. The molecule has 0 aliphatic carbocycles. The summed E-state index contributed by atoms with van der Waals surface area (Å²) in [5, 5.41) is 4.02. The first-order chi connectivity index (χ1) is 13.6. The van der Waals surface area contributed by atoms with Crippen LogP contribution in [0.4, 0.5) is 0 Å². The van der Waals surface area contributed by atoms with E-state index in [0.29, 0.717) is 35.0 Å². The Labute approximate surface area is 164 Å². The highest BCUT2D eigenvalue weighted by Gasteiger charge is 2.39. The highest BCUT2D eigenvalue weighted by molar-refractivity contribution is 6.01. The van der Waals surface area contributed by atoms with E-state index in [4.69, 9.17) is 9.26 Å². The summed E-state index contributed by atoms with van der Waals surface area (Å²) >= 11 is 0. The summed E-state index contributed by atoms with van der Waals surface area (Å²) in [7, 11) is 0. The van der Waals surface area contributed by atoms with E-state index >= 15 is 0 Å². The van der Waals surface area contributed by atoms with Gasteiger partial charge in [0.05, 0.1) is 12.0 Å². The average Bonchev–Trinajstić information content (AvgIpc) is 3.19. The Hall–Kier alpha value is -3.02. The van der Waals surface area contributed by atoms with Crippen LogP contribution in [0, 0.1) is 0 Å². The summed E-state index contributed by atoms with van der Waals surface area (Å²) in [4.78, 5) is 21.4. The Balaban J connectivity index is 1.65. The molecule has 0 saturated carbocycles. The standard InChI is InChI=1S/C22H23N3O3/c1-3-9-22(10-4-2)13-18(26)17-12-15(7-8-19(17)27-22)21-24-20(25-28-21)16-6-5-11-23-14-16/h5-8,11-12,14H,3-4,9-10,13H2,1-2H3. The number of nitrogens with zero attached hydrogens (tertiary/aromatic N) is 3. The maximum atomic E-state index is 12.9. The number of ketones is 1. The van der Waals surface area contributed by atoms with Crippen LogP contribution in [0.1, 0.15) is 56.3 Å². The average molecular weight is 377 g/mol. The molecule has 0 atom stereocenters. The molecule has 28 heavy (non-hydrogen) atoms. The Morgan fingerprint density at radius 2 is 1.93 bits per heavy atom. The van der Waals surface area contributed by atoms with Crippen molar-refractivity contribution in [3.63, 3.8) is 0 Å². The van der Waals surface area contributed by atoms with Crippen molar-refractivity contribution in [3.05, 3.63) is 48.3 Å². The molecular formula is C22H23N3O3. The summed E-state index contributed by atoms with van der Waals surface area (Å²) in [6.45, 7) is 4.25. The number of hydrogen-bond acceptors (Lipinski definition) is 6. The zero-order valence-electron chi connectivity index (χ0n) is 16.1. The molecule has 0 saturated heterocycles. The normalized spacial score (nSPS) is 15.1. The van der Waals surface area contributed by atoms with E-state index in [2.05, 4.69) is 29.0 Å². The van der Waals surface area contributed by atoms with Gasteiger partial charge in [-0.2, -0.15) is 4.98 Å². The van der Waals surface area contributed by atoms with Gasteiger partial charge >= 0.3 is 0 Å². The van der Waals surface area contributed by atoms with Gasteiger partial charge in [0.25, 0.3) is 5.89 Å². The zero-order chi connectivity index (χ0) is 19.6. The molecule has 6 heteroatoms. The molecular weight excluding hydrogens is 354 g/mol. The van der Waals surface area contributed by atoms with Crippen molar-refractivity contribution in [2.75, 3.05) is 0 Å². The van der Waals surface area contributed by atoms with Crippen LogP contribution in [-0.4, -0.2) is 26.5 Å². The fraction of sp³-hybridized carbons (Fsp3) is 0.364. The fourth-order valence-corrected chi connectivity index (χ4v) is 3.90. The molecule has 2 aromatic heterocycles. The van der Waals surface area contributed by atoms with Crippen LogP contribution in [-0.2, 0) is 0 Å². The van der Waals surface area contributed by atoms with Crippen molar-refractivity contribution in [3.8, 4) is 28.6 Å². The van der Waals surface area contributed by atoms with Gasteiger partial charge < -0.3 is 9.26 Å². The number of ether oxygens (including phenoxy) is 1. The minimum Gasteiger partial charge on any atom is -0.486 e. The van der Waals surface area contributed by atoms with Crippen molar-refractivity contribution in [2.24, 2.45) is 0 Å². The smallest absolute Gasteiger partial charge is 0.258 e. The summed E-state index contributed by atoms with van der Waals surface area (Å²) in [6.07, 6.45) is 7.52. The van der Waals surface area contributed by atoms with Crippen LogP contribution in [0.15, 0.2) is 47.2 Å². The van der Waals surface area contributed by atoms with E-state index in [1.807, 2.05) is 24.3 Å². The van der Waals surface area contributed by atoms with Gasteiger partial charge in [-0.05, 0) is 43.2 Å². The Kier molecular flexibility index (Phi) is 4.94. The molecule has 0 spiro atoms. The van der Waals surface area contributed by atoms with Gasteiger partial charge in [-0.15, -0.1) is 0 Å². The molecule has 0 radical (unpaired) electrons. The van der Waals surface area contributed by atoms with Crippen LogP contribution in [0.3, 0.4) is 0 Å². The van der Waals surface area contributed by atoms with Gasteiger partial charge in [-0.25, -0.2) is 0 Å². The molecule has 0 amide bonds. The summed E-state index contributed by atoms with van der Waals surface area (Å²) < 4.78 is 11.7. The molecule has 1 aliphatic heterocycles. The third-order valence-electron chi connectivity index (χ3n) is 5.09. The second-order valence-electron chi connectivity index (χ2n) is 7.26. The molecule has 0 unspecified atom stereocenters. The van der Waals surface area contributed by atoms with Crippen molar-refractivity contribution in [1.29, 1.82) is 0 Å². The largest absolute Gasteiger partial charge is 0.486 e. The van der Waals surface area contributed by atoms with Crippen molar-refractivity contribution in [1.82, 2.24) is 15.1 Å².